The highest BCUT2D eigenvalue weighted by atomic mass is 19.1. The summed E-state index contributed by atoms with van der Waals surface area (Å²) in [5.74, 6) is 0.819. The second-order valence-corrected chi connectivity index (χ2v) is 13.9. The van der Waals surface area contributed by atoms with Crippen molar-refractivity contribution in [1.29, 1.82) is 0 Å². The van der Waals surface area contributed by atoms with Gasteiger partial charge >= 0.3 is 6.01 Å². The predicted octanol–water partition coefficient (Wildman–Crippen LogP) is 4.99. The lowest BCUT2D eigenvalue weighted by Gasteiger charge is -2.42. The van der Waals surface area contributed by atoms with Crippen LogP contribution in [0.3, 0.4) is 0 Å². The van der Waals surface area contributed by atoms with Crippen LogP contribution in [0, 0.1) is 11.7 Å². The Kier molecular flexibility index (Phi) is 8.19. The fourth-order valence-electron chi connectivity index (χ4n) is 8.39. The number of anilines is 1. The molecular formula is C37H43FN6O3. The summed E-state index contributed by atoms with van der Waals surface area (Å²) < 4.78 is 23.0. The third-order valence-corrected chi connectivity index (χ3v) is 11.0. The van der Waals surface area contributed by atoms with Crippen molar-refractivity contribution in [3.8, 4) is 22.9 Å². The van der Waals surface area contributed by atoms with E-state index in [0.717, 1.165) is 68.9 Å². The topological polar surface area (TPSA) is 94.1 Å². The molecule has 3 atom stereocenters. The molecule has 3 aromatic carbocycles. The molecule has 4 aliphatic rings. The molecule has 4 fully saturated rings. The number of hydrogen-bond donors (Lipinski definition) is 2. The molecule has 4 aromatic rings. The average Bonchev–Trinajstić information content (AvgIpc) is 3.59. The van der Waals surface area contributed by atoms with Crippen molar-refractivity contribution in [2.45, 2.75) is 56.7 Å². The Morgan fingerprint density at radius 1 is 0.979 bits per heavy atom. The number of likely N-dealkylation sites (N-methyl/N-ethyl adjacent to an activating group) is 1. The van der Waals surface area contributed by atoms with E-state index < -0.39 is 5.82 Å². The molecule has 4 aliphatic heterocycles. The number of phenolic OH excluding ortho intramolecular Hbond substituents is 1. The third-order valence-electron chi connectivity index (χ3n) is 11.0. The van der Waals surface area contributed by atoms with Gasteiger partial charge in [-0.05, 0) is 99.7 Å². The Labute approximate surface area is 274 Å². The monoisotopic (exact) mass is 638 g/mol. The van der Waals surface area contributed by atoms with Crippen LogP contribution in [0.15, 0.2) is 48.5 Å². The molecular weight excluding hydrogens is 595 g/mol. The number of ether oxygens (including phenoxy) is 1. The highest BCUT2D eigenvalue weighted by Gasteiger charge is 2.42. The van der Waals surface area contributed by atoms with Gasteiger partial charge in [0.1, 0.15) is 29.5 Å². The van der Waals surface area contributed by atoms with Crippen molar-refractivity contribution in [2.75, 3.05) is 57.8 Å². The van der Waals surface area contributed by atoms with E-state index in [0.29, 0.717) is 54.4 Å². The highest BCUT2D eigenvalue weighted by molar-refractivity contribution is 6.01. The number of carbonyl (C=O) groups excluding carboxylic acids is 1. The van der Waals surface area contributed by atoms with Gasteiger partial charge in [-0.25, -0.2) is 4.39 Å². The third kappa shape index (κ3) is 5.81. The first-order valence-electron chi connectivity index (χ1n) is 17.2. The number of nitrogens with one attached hydrogen (secondary N) is 1. The molecule has 47 heavy (non-hydrogen) atoms. The van der Waals surface area contributed by atoms with Crippen molar-refractivity contribution in [3.63, 3.8) is 0 Å². The quantitative estimate of drug-likeness (QED) is 0.277. The molecule has 10 heteroatoms. The lowest BCUT2D eigenvalue weighted by molar-refractivity contribution is -0.125. The number of Topliss-reactive ketones (excluding diaryl/α,β-unsaturated/α-hetero) is 1. The summed E-state index contributed by atoms with van der Waals surface area (Å²) >= 11 is 0. The number of halogens is 1. The van der Waals surface area contributed by atoms with Gasteiger partial charge in [-0.3, -0.25) is 9.69 Å². The number of carbonyl (C=O) groups is 1. The first kappa shape index (κ1) is 30.5. The summed E-state index contributed by atoms with van der Waals surface area (Å²) in [7, 11) is 2.10. The molecule has 1 aromatic heterocycles. The fourth-order valence-corrected chi connectivity index (χ4v) is 8.39. The van der Waals surface area contributed by atoms with Crippen LogP contribution >= 0.6 is 0 Å². The standard InChI is InChI=1S/C37H43FN6O3/c1-42-16-4-6-27(42)22-47-37-40-35-31(11-10-30(34(35)38)32-18-28(45)17-24-5-2-3-7-29(24)32)36(41-37)43-19-25-8-9-26(20-43)44(25)21-33(46)23-12-14-39-15-13-23/h2-3,5,7,10-11,17-18,23,25-27,39,45H,4,6,8-9,12-16,19-22H2,1H3/t25?,26?,27-/m0/s1. The van der Waals surface area contributed by atoms with E-state index in [1.807, 2.05) is 30.3 Å². The number of fused-ring (bicyclic) bond motifs is 4. The zero-order valence-corrected chi connectivity index (χ0v) is 27.0. The fraction of sp³-hybridized carbons (Fsp3) is 0.486. The first-order chi connectivity index (χ1) is 22.9. The molecule has 0 aliphatic carbocycles. The molecule has 2 bridgehead atoms. The van der Waals surface area contributed by atoms with E-state index in [-0.39, 0.29) is 41.3 Å². The minimum Gasteiger partial charge on any atom is -0.508 e. The van der Waals surface area contributed by atoms with Crippen LogP contribution in [0.5, 0.6) is 11.8 Å². The van der Waals surface area contributed by atoms with Gasteiger partial charge in [0.25, 0.3) is 0 Å². The Morgan fingerprint density at radius 2 is 1.77 bits per heavy atom. The Hall–Kier alpha value is -3.86. The number of benzene rings is 3. The summed E-state index contributed by atoms with van der Waals surface area (Å²) in [6, 6.07) is 15.6. The Bertz CT molecular complexity index is 1800. The first-order valence-corrected chi connectivity index (χ1v) is 17.2. The number of rotatable bonds is 8. The zero-order valence-electron chi connectivity index (χ0n) is 27.0. The lowest BCUT2D eigenvalue weighted by atomic mass is 9.93. The van der Waals surface area contributed by atoms with Crippen LogP contribution in [0.4, 0.5) is 10.2 Å². The van der Waals surface area contributed by atoms with Crippen LogP contribution in [0.25, 0.3) is 32.8 Å². The number of aromatic nitrogens is 2. The number of ketones is 1. The molecule has 9 nitrogen and oxygen atoms in total. The van der Waals surface area contributed by atoms with Crippen molar-refractivity contribution < 1.29 is 19.0 Å². The summed E-state index contributed by atoms with van der Waals surface area (Å²) in [6.07, 6.45) is 6.08. The van der Waals surface area contributed by atoms with Crippen LogP contribution in [0.2, 0.25) is 0 Å². The van der Waals surface area contributed by atoms with Gasteiger partial charge in [0.2, 0.25) is 0 Å². The number of piperidine rings is 1. The van der Waals surface area contributed by atoms with Gasteiger partial charge in [0.15, 0.2) is 5.82 Å². The summed E-state index contributed by atoms with van der Waals surface area (Å²) in [6.45, 7) is 5.25. The van der Waals surface area contributed by atoms with E-state index in [2.05, 4.69) is 32.0 Å². The Balaban J connectivity index is 1.15. The molecule has 2 unspecified atom stereocenters. The lowest BCUT2D eigenvalue weighted by Crippen LogP contribution is -2.56. The zero-order chi connectivity index (χ0) is 32.1. The van der Waals surface area contributed by atoms with Gasteiger partial charge in [-0.15, -0.1) is 0 Å². The SMILES string of the molecule is CN1CCC[C@H]1COc1nc(N2CC3CCC(C2)N3CC(=O)C2CCNCC2)c2ccc(-c3cc(O)cc4ccccc34)c(F)c2n1. The molecule has 0 radical (unpaired) electrons. The van der Waals surface area contributed by atoms with E-state index in [1.54, 1.807) is 18.2 Å². The van der Waals surface area contributed by atoms with Crippen LogP contribution < -0.4 is 15.0 Å². The molecule has 8 rings (SSSR count). The maximum Gasteiger partial charge on any atom is 0.319 e. The number of aromatic hydroxyl groups is 1. The van der Waals surface area contributed by atoms with E-state index >= 15 is 4.39 Å². The summed E-state index contributed by atoms with van der Waals surface area (Å²) in [4.78, 5) is 29.9. The van der Waals surface area contributed by atoms with Crippen molar-refractivity contribution in [3.05, 3.63) is 54.3 Å². The second kappa shape index (κ2) is 12.6. The molecule has 0 spiro atoms. The number of likely N-dealkylation sites (tertiary alicyclic amines) is 1. The Morgan fingerprint density at radius 3 is 2.53 bits per heavy atom. The number of nitrogens with zero attached hydrogens (tertiary/aromatic N) is 5. The van der Waals surface area contributed by atoms with Crippen molar-refractivity contribution in [2.24, 2.45) is 5.92 Å². The molecule has 0 amide bonds. The van der Waals surface area contributed by atoms with Crippen molar-refractivity contribution >= 4 is 33.3 Å². The summed E-state index contributed by atoms with van der Waals surface area (Å²) in [5.41, 5.74) is 1.20. The second-order valence-electron chi connectivity index (χ2n) is 13.9. The van der Waals surface area contributed by atoms with E-state index in [4.69, 9.17) is 9.72 Å². The van der Waals surface area contributed by atoms with Crippen LogP contribution in [0.1, 0.15) is 38.5 Å². The van der Waals surface area contributed by atoms with Gasteiger partial charge in [0, 0.05) is 48.1 Å². The molecule has 0 saturated carbocycles. The molecule has 246 valence electrons. The molecule has 4 saturated heterocycles. The normalized spacial score (nSPS) is 24.0. The van der Waals surface area contributed by atoms with Crippen LogP contribution in [-0.4, -0.2) is 102 Å². The minimum atomic E-state index is -0.459. The largest absolute Gasteiger partial charge is 0.508 e. The van der Waals surface area contributed by atoms with E-state index in [1.165, 1.54) is 0 Å². The minimum absolute atomic E-state index is 0.0817. The smallest absolute Gasteiger partial charge is 0.319 e. The molecule has 2 N–H and O–H groups in total. The van der Waals surface area contributed by atoms with Crippen molar-refractivity contribution in [1.82, 2.24) is 25.1 Å². The maximum atomic E-state index is 16.8. The number of phenols is 1. The van der Waals surface area contributed by atoms with Gasteiger partial charge in [-0.1, -0.05) is 30.3 Å². The number of piperazine rings is 1. The van der Waals surface area contributed by atoms with Gasteiger partial charge < -0.3 is 25.0 Å². The molecule has 5 heterocycles. The van der Waals surface area contributed by atoms with Gasteiger partial charge in [-0.2, -0.15) is 9.97 Å². The van der Waals surface area contributed by atoms with Crippen LogP contribution in [-0.2, 0) is 4.79 Å². The summed E-state index contributed by atoms with van der Waals surface area (Å²) in [5, 5.41) is 16.2. The van der Waals surface area contributed by atoms with Gasteiger partial charge in [0.05, 0.1) is 6.54 Å². The highest BCUT2D eigenvalue weighted by Crippen LogP contribution is 2.40. The maximum absolute atomic E-state index is 16.8. The predicted molar refractivity (Wildman–Crippen MR) is 182 cm³/mol. The van der Waals surface area contributed by atoms with E-state index in [9.17, 15) is 9.90 Å². The number of hydrogen-bond acceptors (Lipinski definition) is 9. The average molecular weight is 639 g/mol.